The number of ether oxygens (including phenoxy) is 1. The van der Waals surface area contributed by atoms with Gasteiger partial charge in [0.05, 0.1) is 11.5 Å². The topological polar surface area (TPSA) is 29.5 Å². The standard InChI is InChI=1S/C20H19NO2S3/c1-14-3-9-17(10-4-14)25-12-11-23-16-7-5-15(6-8-16)13-18-19(22)21(2)20(24)26-18/h3-10,13H,11-12H2,1-2H3/b18-13+. The van der Waals surface area contributed by atoms with Crippen molar-refractivity contribution in [1.82, 2.24) is 4.90 Å². The molecule has 0 spiro atoms. The van der Waals surface area contributed by atoms with Crippen molar-refractivity contribution in [3.63, 3.8) is 0 Å². The van der Waals surface area contributed by atoms with Gasteiger partial charge in [-0.1, -0.05) is 53.8 Å². The minimum absolute atomic E-state index is 0.0477. The summed E-state index contributed by atoms with van der Waals surface area (Å²) < 4.78 is 6.38. The van der Waals surface area contributed by atoms with Crippen molar-refractivity contribution in [3.8, 4) is 5.75 Å². The van der Waals surface area contributed by atoms with Gasteiger partial charge in [0.15, 0.2) is 0 Å². The number of carbonyl (C=O) groups is 1. The molecule has 1 heterocycles. The van der Waals surface area contributed by atoms with E-state index in [2.05, 4.69) is 31.2 Å². The monoisotopic (exact) mass is 401 g/mol. The fourth-order valence-electron chi connectivity index (χ4n) is 2.31. The first kappa shape index (κ1) is 19.0. The molecule has 3 rings (SSSR count). The Labute approximate surface area is 167 Å². The van der Waals surface area contributed by atoms with Crippen molar-refractivity contribution in [3.05, 3.63) is 64.6 Å². The molecule has 26 heavy (non-hydrogen) atoms. The number of rotatable bonds is 6. The minimum Gasteiger partial charge on any atom is -0.493 e. The highest BCUT2D eigenvalue weighted by molar-refractivity contribution is 8.26. The van der Waals surface area contributed by atoms with Gasteiger partial charge in [-0.05, 0) is 42.8 Å². The number of amides is 1. The van der Waals surface area contributed by atoms with Crippen molar-refractivity contribution in [2.24, 2.45) is 0 Å². The highest BCUT2D eigenvalue weighted by atomic mass is 32.2. The van der Waals surface area contributed by atoms with Gasteiger partial charge in [0.25, 0.3) is 5.91 Å². The van der Waals surface area contributed by atoms with Gasteiger partial charge in [-0.25, -0.2) is 0 Å². The lowest BCUT2D eigenvalue weighted by molar-refractivity contribution is -0.121. The lowest BCUT2D eigenvalue weighted by Gasteiger charge is -2.07. The average Bonchev–Trinajstić information content (AvgIpc) is 2.88. The molecule has 2 aromatic carbocycles. The van der Waals surface area contributed by atoms with Crippen molar-refractivity contribution in [2.75, 3.05) is 19.4 Å². The predicted octanol–water partition coefficient (Wildman–Crippen LogP) is 5.00. The fraction of sp³-hybridized carbons (Fsp3) is 0.200. The van der Waals surface area contributed by atoms with Crippen LogP contribution in [0.2, 0.25) is 0 Å². The molecular formula is C20H19NO2S3. The Bertz CT molecular complexity index is 829. The van der Waals surface area contributed by atoms with Crippen LogP contribution in [0, 0.1) is 6.92 Å². The van der Waals surface area contributed by atoms with Gasteiger partial charge in [-0.3, -0.25) is 9.69 Å². The molecule has 1 saturated heterocycles. The number of likely N-dealkylation sites (N-methyl/N-ethyl adjacent to an activating group) is 1. The van der Waals surface area contributed by atoms with Crippen LogP contribution in [0.1, 0.15) is 11.1 Å². The molecule has 2 aromatic rings. The zero-order valence-electron chi connectivity index (χ0n) is 14.6. The fourth-order valence-corrected chi connectivity index (χ4v) is 4.22. The molecule has 1 aliphatic rings. The molecule has 0 saturated carbocycles. The van der Waals surface area contributed by atoms with Crippen LogP contribution in [0.5, 0.6) is 5.75 Å². The molecule has 134 valence electrons. The lowest BCUT2D eigenvalue weighted by atomic mass is 10.2. The van der Waals surface area contributed by atoms with E-state index in [-0.39, 0.29) is 5.91 Å². The number of benzene rings is 2. The summed E-state index contributed by atoms with van der Waals surface area (Å²) in [4.78, 5) is 15.4. The summed E-state index contributed by atoms with van der Waals surface area (Å²) in [6.45, 7) is 2.73. The summed E-state index contributed by atoms with van der Waals surface area (Å²) in [5.41, 5.74) is 2.23. The number of hydrogen-bond donors (Lipinski definition) is 0. The quantitative estimate of drug-likeness (QED) is 0.294. The molecule has 1 fully saturated rings. The molecule has 6 heteroatoms. The summed E-state index contributed by atoms with van der Waals surface area (Å²) in [6, 6.07) is 16.3. The Morgan fingerprint density at radius 1 is 1.15 bits per heavy atom. The van der Waals surface area contributed by atoms with Crippen LogP contribution in [0.15, 0.2) is 58.3 Å². The predicted molar refractivity (Wildman–Crippen MR) is 115 cm³/mol. The smallest absolute Gasteiger partial charge is 0.265 e. The van der Waals surface area contributed by atoms with E-state index in [9.17, 15) is 4.79 Å². The van der Waals surface area contributed by atoms with E-state index in [1.807, 2.05) is 30.3 Å². The second-order valence-electron chi connectivity index (χ2n) is 5.82. The van der Waals surface area contributed by atoms with Crippen molar-refractivity contribution < 1.29 is 9.53 Å². The van der Waals surface area contributed by atoms with Crippen LogP contribution in [0.4, 0.5) is 0 Å². The highest BCUT2D eigenvalue weighted by Crippen LogP contribution is 2.31. The summed E-state index contributed by atoms with van der Waals surface area (Å²) in [5.74, 6) is 1.67. The Hall–Kier alpha value is -1.76. The second-order valence-corrected chi connectivity index (χ2v) is 8.66. The third-order valence-electron chi connectivity index (χ3n) is 3.81. The van der Waals surface area contributed by atoms with E-state index < -0.39 is 0 Å². The largest absolute Gasteiger partial charge is 0.493 e. The molecule has 0 unspecified atom stereocenters. The average molecular weight is 402 g/mol. The molecule has 3 nitrogen and oxygen atoms in total. The van der Waals surface area contributed by atoms with E-state index in [4.69, 9.17) is 17.0 Å². The van der Waals surface area contributed by atoms with Crippen LogP contribution in [0.25, 0.3) is 6.08 Å². The van der Waals surface area contributed by atoms with Crippen LogP contribution in [-0.4, -0.2) is 34.5 Å². The minimum atomic E-state index is -0.0477. The van der Waals surface area contributed by atoms with Gasteiger partial charge >= 0.3 is 0 Å². The first-order chi connectivity index (χ1) is 12.5. The Balaban J connectivity index is 1.49. The zero-order valence-corrected chi connectivity index (χ0v) is 17.0. The summed E-state index contributed by atoms with van der Waals surface area (Å²) >= 11 is 8.25. The number of thiocarbonyl (C=S) groups is 1. The van der Waals surface area contributed by atoms with Crippen LogP contribution < -0.4 is 4.74 Å². The maximum absolute atomic E-state index is 12.0. The number of nitrogens with zero attached hydrogens (tertiary/aromatic N) is 1. The summed E-state index contributed by atoms with van der Waals surface area (Å²) in [6.07, 6.45) is 1.86. The molecule has 0 bridgehead atoms. The first-order valence-electron chi connectivity index (χ1n) is 8.17. The normalized spacial score (nSPS) is 15.8. The first-order valence-corrected chi connectivity index (χ1v) is 10.4. The number of aryl methyl sites for hydroxylation is 1. The van der Waals surface area contributed by atoms with Crippen molar-refractivity contribution >= 4 is 52.0 Å². The SMILES string of the molecule is Cc1ccc(SCCOc2ccc(/C=C3/SC(=S)N(C)C3=O)cc2)cc1. The van der Waals surface area contributed by atoms with Gasteiger partial charge in [0, 0.05) is 17.7 Å². The van der Waals surface area contributed by atoms with Gasteiger partial charge in [0.1, 0.15) is 10.1 Å². The Morgan fingerprint density at radius 2 is 1.85 bits per heavy atom. The molecule has 1 aliphatic heterocycles. The Kier molecular flexibility index (Phi) is 6.40. The van der Waals surface area contributed by atoms with Gasteiger partial charge in [-0.15, -0.1) is 11.8 Å². The highest BCUT2D eigenvalue weighted by Gasteiger charge is 2.28. The second kappa shape index (κ2) is 8.75. The molecular weight excluding hydrogens is 382 g/mol. The molecule has 0 aromatic heterocycles. The van der Waals surface area contributed by atoms with Crippen LogP contribution in [0.3, 0.4) is 0 Å². The van der Waals surface area contributed by atoms with Gasteiger partial charge in [0.2, 0.25) is 0 Å². The zero-order chi connectivity index (χ0) is 18.5. The van der Waals surface area contributed by atoms with E-state index in [1.165, 1.54) is 27.1 Å². The van der Waals surface area contributed by atoms with Crippen LogP contribution in [-0.2, 0) is 4.79 Å². The molecule has 0 atom stereocenters. The summed E-state index contributed by atoms with van der Waals surface area (Å²) in [7, 11) is 1.70. The van der Waals surface area contributed by atoms with E-state index >= 15 is 0 Å². The maximum atomic E-state index is 12.0. The van der Waals surface area contributed by atoms with Gasteiger partial charge in [-0.2, -0.15) is 0 Å². The number of hydrogen-bond acceptors (Lipinski definition) is 5. The van der Waals surface area contributed by atoms with Crippen LogP contribution >= 0.6 is 35.7 Å². The van der Waals surface area contributed by atoms with Gasteiger partial charge < -0.3 is 4.74 Å². The maximum Gasteiger partial charge on any atom is 0.265 e. The van der Waals surface area contributed by atoms with Crippen molar-refractivity contribution in [1.29, 1.82) is 0 Å². The van der Waals surface area contributed by atoms with E-state index in [0.29, 0.717) is 15.8 Å². The number of carbonyl (C=O) groups excluding carboxylic acids is 1. The van der Waals surface area contributed by atoms with E-state index in [1.54, 1.807) is 18.8 Å². The molecule has 1 amide bonds. The molecule has 0 aliphatic carbocycles. The third-order valence-corrected chi connectivity index (χ3v) is 6.27. The number of thioether (sulfide) groups is 2. The molecule has 0 radical (unpaired) electrons. The van der Waals surface area contributed by atoms with Crippen molar-refractivity contribution in [2.45, 2.75) is 11.8 Å². The lowest BCUT2D eigenvalue weighted by Crippen LogP contribution is -2.22. The third kappa shape index (κ3) is 4.90. The molecule has 0 N–H and O–H groups in total. The summed E-state index contributed by atoms with van der Waals surface area (Å²) in [5, 5.41) is 0. The van der Waals surface area contributed by atoms with E-state index in [0.717, 1.165) is 17.1 Å². The Morgan fingerprint density at radius 3 is 2.46 bits per heavy atom.